The molecule has 0 spiro atoms. The monoisotopic (exact) mass is 314 g/mol. The summed E-state index contributed by atoms with van der Waals surface area (Å²) >= 11 is 1.57. The zero-order chi connectivity index (χ0) is 15.4. The minimum atomic E-state index is -0.247. The van der Waals surface area contributed by atoms with Crippen LogP contribution in [0.4, 0.5) is 4.39 Å². The van der Waals surface area contributed by atoms with E-state index >= 15 is 0 Å². The van der Waals surface area contributed by atoms with Gasteiger partial charge in [0.05, 0.1) is 4.88 Å². The lowest BCUT2D eigenvalue weighted by atomic mass is 9.98. The fourth-order valence-corrected chi connectivity index (χ4v) is 3.44. The predicted molar refractivity (Wildman–Crippen MR) is 85.3 cm³/mol. The summed E-state index contributed by atoms with van der Waals surface area (Å²) < 4.78 is 13.0. The van der Waals surface area contributed by atoms with Crippen molar-refractivity contribution in [2.24, 2.45) is 0 Å². The van der Waals surface area contributed by atoms with Gasteiger partial charge in [0.15, 0.2) is 0 Å². The molecule has 3 rings (SSSR count). The van der Waals surface area contributed by atoms with Crippen molar-refractivity contribution in [2.45, 2.75) is 12.3 Å². The molecule has 0 fully saturated rings. The molecule has 0 bridgehead atoms. The molecule has 0 aliphatic carbocycles. The Morgan fingerprint density at radius 2 is 1.82 bits per heavy atom. The average molecular weight is 314 g/mol. The van der Waals surface area contributed by atoms with E-state index in [0.29, 0.717) is 6.42 Å². The Labute approximate surface area is 132 Å². The highest BCUT2D eigenvalue weighted by molar-refractivity contribution is 7.15. The van der Waals surface area contributed by atoms with E-state index in [1.54, 1.807) is 42.1 Å². The Morgan fingerprint density at radius 1 is 1.09 bits per heavy atom. The standard InChI is InChI=1S/C17H15FN2OS/c18-14-3-1-13(2-4-14)16-11-20-17(22-16)15(7-10-21)12-5-8-19-9-6-12/h1-6,8-9,11,15,21H,7,10H2. The Bertz CT molecular complexity index is 728. The van der Waals surface area contributed by atoms with E-state index in [1.807, 2.05) is 12.1 Å². The molecular weight excluding hydrogens is 299 g/mol. The van der Waals surface area contributed by atoms with E-state index in [9.17, 15) is 9.50 Å². The smallest absolute Gasteiger partial charge is 0.123 e. The fourth-order valence-electron chi connectivity index (χ4n) is 2.35. The largest absolute Gasteiger partial charge is 0.396 e. The molecule has 0 aliphatic rings. The second kappa shape index (κ2) is 6.77. The lowest BCUT2D eigenvalue weighted by molar-refractivity contribution is 0.281. The van der Waals surface area contributed by atoms with E-state index in [2.05, 4.69) is 9.97 Å². The summed E-state index contributed by atoms with van der Waals surface area (Å²) in [7, 11) is 0. The molecule has 2 heterocycles. The van der Waals surface area contributed by atoms with Crippen molar-refractivity contribution in [3.63, 3.8) is 0 Å². The maximum absolute atomic E-state index is 13.0. The van der Waals surface area contributed by atoms with Crippen molar-refractivity contribution in [1.29, 1.82) is 0 Å². The van der Waals surface area contributed by atoms with Crippen molar-refractivity contribution in [3.8, 4) is 10.4 Å². The van der Waals surface area contributed by atoms with Crippen LogP contribution in [0.15, 0.2) is 55.0 Å². The van der Waals surface area contributed by atoms with Gasteiger partial charge in [-0.3, -0.25) is 4.98 Å². The minimum Gasteiger partial charge on any atom is -0.396 e. The highest BCUT2D eigenvalue weighted by Gasteiger charge is 2.18. The molecule has 2 aromatic heterocycles. The Hall–Kier alpha value is -2.11. The van der Waals surface area contributed by atoms with Crippen LogP contribution >= 0.6 is 11.3 Å². The number of pyridine rings is 1. The van der Waals surface area contributed by atoms with E-state index in [0.717, 1.165) is 21.0 Å². The third kappa shape index (κ3) is 3.21. The van der Waals surface area contributed by atoms with Gasteiger partial charge in [-0.05, 0) is 41.8 Å². The number of thiazole rings is 1. The Balaban J connectivity index is 1.92. The summed E-state index contributed by atoms with van der Waals surface area (Å²) in [5.74, 6) is -0.198. The normalized spacial score (nSPS) is 12.3. The maximum Gasteiger partial charge on any atom is 0.123 e. The van der Waals surface area contributed by atoms with Gasteiger partial charge in [-0.15, -0.1) is 11.3 Å². The number of halogens is 1. The second-order valence-electron chi connectivity index (χ2n) is 4.92. The quantitative estimate of drug-likeness (QED) is 0.778. The highest BCUT2D eigenvalue weighted by atomic mass is 32.1. The van der Waals surface area contributed by atoms with Gasteiger partial charge < -0.3 is 5.11 Å². The first kappa shape index (κ1) is 14.8. The molecule has 0 aliphatic heterocycles. The zero-order valence-corrected chi connectivity index (χ0v) is 12.6. The van der Waals surface area contributed by atoms with Crippen LogP contribution < -0.4 is 0 Å². The van der Waals surface area contributed by atoms with Crippen molar-refractivity contribution in [1.82, 2.24) is 9.97 Å². The van der Waals surface area contributed by atoms with Crippen molar-refractivity contribution in [3.05, 3.63) is 71.4 Å². The van der Waals surface area contributed by atoms with Crippen LogP contribution in [-0.2, 0) is 0 Å². The summed E-state index contributed by atoms with van der Waals surface area (Å²) in [5.41, 5.74) is 2.03. The summed E-state index contributed by atoms with van der Waals surface area (Å²) in [4.78, 5) is 9.52. The van der Waals surface area contributed by atoms with E-state index in [-0.39, 0.29) is 18.3 Å². The van der Waals surface area contributed by atoms with Crippen LogP contribution in [-0.4, -0.2) is 21.7 Å². The van der Waals surface area contributed by atoms with Crippen molar-refractivity contribution < 1.29 is 9.50 Å². The first-order valence-electron chi connectivity index (χ1n) is 7.00. The van der Waals surface area contributed by atoms with Crippen LogP contribution in [0.25, 0.3) is 10.4 Å². The molecule has 3 nitrogen and oxygen atoms in total. The number of rotatable bonds is 5. The minimum absolute atomic E-state index is 0.0483. The lowest BCUT2D eigenvalue weighted by Crippen LogP contribution is -2.03. The van der Waals surface area contributed by atoms with Gasteiger partial charge in [0.1, 0.15) is 10.8 Å². The topological polar surface area (TPSA) is 46.0 Å². The Kier molecular flexibility index (Phi) is 4.56. The first-order valence-corrected chi connectivity index (χ1v) is 7.82. The van der Waals surface area contributed by atoms with Gasteiger partial charge in [0, 0.05) is 31.1 Å². The molecule has 22 heavy (non-hydrogen) atoms. The average Bonchev–Trinajstić information content (AvgIpc) is 3.04. The van der Waals surface area contributed by atoms with E-state index in [1.165, 1.54) is 12.1 Å². The van der Waals surface area contributed by atoms with Crippen LogP contribution in [0.2, 0.25) is 0 Å². The third-order valence-corrected chi connectivity index (χ3v) is 4.64. The summed E-state index contributed by atoms with van der Waals surface area (Å²) in [6.45, 7) is 0.0957. The summed E-state index contributed by atoms with van der Waals surface area (Å²) in [5, 5.41) is 10.3. The molecule has 5 heteroatoms. The summed E-state index contributed by atoms with van der Waals surface area (Å²) in [6.07, 6.45) is 5.90. The molecule has 0 amide bonds. The van der Waals surface area contributed by atoms with Crippen molar-refractivity contribution in [2.75, 3.05) is 6.61 Å². The second-order valence-corrected chi connectivity index (χ2v) is 5.98. The molecule has 1 atom stereocenters. The number of hydrogen-bond acceptors (Lipinski definition) is 4. The molecule has 112 valence electrons. The lowest BCUT2D eigenvalue weighted by Gasteiger charge is -2.12. The Morgan fingerprint density at radius 3 is 2.50 bits per heavy atom. The number of hydrogen-bond donors (Lipinski definition) is 1. The van der Waals surface area contributed by atoms with Crippen LogP contribution in [0.3, 0.4) is 0 Å². The van der Waals surface area contributed by atoms with Crippen LogP contribution in [0.1, 0.15) is 22.9 Å². The van der Waals surface area contributed by atoms with Gasteiger partial charge in [-0.2, -0.15) is 0 Å². The van der Waals surface area contributed by atoms with Gasteiger partial charge >= 0.3 is 0 Å². The molecule has 0 saturated heterocycles. The van der Waals surface area contributed by atoms with Gasteiger partial charge in [-0.25, -0.2) is 9.37 Å². The molecule has 1 N–H and O–H groups in total. The van der Waals surface area contributed by atoms with E-state index in [4.69, 9.17) is 0 Å². The van der Waals surface area contributed by atoms with Gasteiger partial charge in [-0.1, -0.05) is 12.1 Å². The molecule has 1 unspecified atom stereocenters. The van der Waals surface area contributed by atoms with E-state index < -0.39 is 0 Å². The maximum atomic E-state index is 13.0. The molecule has 0 radical (unpaired) electrons. The van der Waals surface area contributed by atoms with Gasteiger partial charge in [0.25, 0.3) is 0 Å². The highest BCUT2D eigenvalue weighted by Crippen LogP contribution is 2.34. The third-order valence-electron chi connectivity index (χ3n) is 3.48. The van der Waals surface area contributed by atoms with Crippen molar-refractivity contribution >= 4 is 11.3 Å². The van der Waals surface area contributed by atoms with Crippen LogP contribution in [0.5, 0.6) is 0 Å². The molecule has 0 saturated carbocycles. The number of nitrogens with zero attached hydrogens (tertiary/aromatic N) is 2. The first-order chi connectivity index (χ1) is 10.8. The SMILES string of the molecule is OCCC(c1ccncc1)c1ncc(-c2ccc(F)cc2)s1. The summed E-state index contributed by atoms with van der Waals surface area (Å²) in [6, 6.07) is 10.3. The number of benzene rings is 1. The molecular formula is C17H15FN2OS. The molecule has 1 aromatic carbocycles. The number of aromatic nitrogens is 2. The number of aliphatic hydroxyl groups excluding tert-OH is 1. The zero-order valence-electron chi connectivity index (χ0n) is 11.8. The van der Waals surface area contributed by atoms with Crippen LogP contribution in [0, 0.1) is 5.82 Å². The number of aliphatic hydroxyl groups is 1. The molecule has 3 aromatic rings. The predicted octanol–water partition coefficient (Wildman–Crippen LogP) is 3.86. The van der Waals surface area contributed by atoms with Gasteiger partial charge in [0.2, 0.25) is 0 Å². The fraction of sp³-hybridized carbons (Fsp3) is 0.176.